The van der Waals surface area contributed by atoms with Crippen LogP contribution in [0.2, 0.25) is 0 Å². The molecule has 0 spiro atoms. The van der Waals surface area contributed by atoms with E-state index in [0.29, 0.717) is 40.3 Å². The molecule has 0 atom stereocenters. The molecule has 0 unspecified atom stereocenters. The number of amides is 1. The molecule has 1 aliphatic heterocycles. The summed E-state index contributed by atoms with van der Waals surface area (Å²) < 4.78 is 30.3. The summed E-state index contributed by atoms with van der Waals surface area (Å²) in [6.07, 6.45) is 2.50. The van der Waals surface area contributed by atoms with Gasteiger partial charge >= 0.3 is 0 Å². The third kappa shape index (κ3) is 5.95. The van der Waals surface area contributed by atoms with Gasteiger partial charge in [0.05, 0.1) is 30.9 Å². The Bertz CT molecular complexity index is 1200. The van der Waals surface area contributed by atoms with Gasteiger partial charge < -0.3 is 14.2 Å². The number of ether oxygens (including phenoxy) is 3. The third-order valence-electron chi connectivity index (χ3n) is 4.92. The van der Waals surface area contributed by atoms with Gasteiger partial charge in [-0.1, -0.05) is 36.1 Å². The fourth-order valence-corrected chi connectivity index (χ4v) is 4.54. The van der Waals surface area contributed by atoms with Crippen molar-refractivity contribution in [1.29, 1.82) is 0 Å². The Labute approximate surface area is 207 Å². The molecule has 0 radical (unpaired) electrons. The van der Waals surface area contributed by atoms with E-state index in [1.807, 2.05) is 48.5 Å². The number of rotatable bonds is 9. The average Bonchev–Trinajstić information content (AvgIpc) is 3.12. The Balaban J connectivity index is 1.31. The Morgan fingerprint density at radius 2 is 1.62 bits per heavy atom. The van der Waals surface area contributed by atoms with E-state index in [0.717, 1.165) is 17.1 Å². The SMILES string of the molecule is COc1ccc(OCCCOc2cccc(/C=C3\SC(=S)N(c4ccc(F)cc4)C3=O)c2)cc1. The minimum atomic E-state index is -0.367. The lowest BCUT2D eigenvalue weighted by atomic mass is 10.2. The van der Waals surface area contributed by atoms with E-state index < -0.39 is 0 Å². The lowest BCUT2D eigenvalue weighted by Gasteiger charge is -2.14. The molecule has 0 saturated carbocycles. The average molecular weight is 496 g/mol. The highest BCUT2D eigenvalue weighted by Crippen LogP contribution is 2.36. The molecular weight excluding hydrogens is 473 g/mol. The smallest absolute Gasteiger partial charge is 0.270 e. The molecule has 8 heteroatoms. The zero-order valence-corrected chi connectivity index (χ0v) is 20.0. The van der Waals surface area contributed by atoms with Crippen LogP contribution < -0.4 is 19.1 Å². The first-order chi connectivity index (χ1) is 16.5. The first-order valence-electron chi connectivity index (χ1n) is 10.6. The number of carbonyl (C=O) groups is 1. The minimum Gasteiger partial charge on any atom is -0.497 e. The second kappa shape index (κ2) is 11.2. The van der Waals surface area contributed by atoms with Crippen molar-refractivity contribution in [3.63, 3.8) is 0 Å². The minimum absolute atomic E-state index is 0.233. The number of nitrogens with zero attached hydrogens (tertiary/aromatic N) is 1. The molecule has 0 N–H and O–H groups in total. The van der Waals surface area contributed by atoms with Crippen molar-refractivity contribution in [2.24, 2.45) is 0 Å². The molecule has 0 aromatic heterocycles. The number of carbonyl (C=O) groups excluding carboxylic acids is 1. The summed E-state index contributed by atoms with van der Waals surface area (Å²) in [5.41, 5.74) is 1.37. The van der Waals surface area contributed by atoms with E-state index in [4.69, 9.17) is 26.4 Å². The number of hydrogen-bond donors (Lipinski definition) is 0. The number of halogens is 1. The van der Waals surface area contributed by atoms with Gasteiger partial charge in [0.2, 0.25) is 0 Å². The van der Waals surface area contributed by atoms with Crippen LogP contribution in [-0.4, -0.2) is 30.6 Å². The number of methoxy groups -OCH3 is 1. The monoisotopic (exact) mass is 495 g/mol. The van der Waals surface area contributed by atoms with Gasteiger partial charge in [0.1, 0.15) is 23.1 Å². The van der Waals surface area contributed by atoms with E-state index in [-0.39, 0.29) is 11.7 Å². The molecule has 0 aliphatic carbocycles. The summed E-state index contributed by atoms with van der Waals surface area (Å²) in [6.45, 7) is 1.02. The summed E-state index contributed by atoms with van der Waals surface area (Å²) in [7, 11) is 1.63. The summed E-state index contributed by atoms with van der Waals surface area (Å²) in [5, 5.41) is 0. The molecule has 174 valence electrons. The Morgan fingerprint density at radius 3 is 2.32 bits per heavy atom. The lowest BCUT2D eigenvalue weighted by molar-refractivity contribution is -0.113. The van der Waals surface area contributed by atoms with Crippen molar-refractivity contribution in [1.82, 2.24) is 0 Å². The molecule has 1 heterocycles. The molecule has 34 heavy (non-hydrogen) atoms. The fourth-order valence-electron chi connectivity index (χ4n) is 3.24. The molecule has 1 amide bonds. The maximum Gasteiger partial charge on any atom is 0.270 e. The van der Waals surface area contributed by atoms with Crippen molar-refractivity contribution >= 4 is 46.0 Å². The van der Waals surface area contributed by atoms with Gasteiger partial charge in [-0.25, -0.2) is 4.39 Å². The molecule has 1 aliphatic rings. The highest BCUT2D eigenvalue weighted by atomic mass is 32.2. The van der Waals surface area contributed by atoms with Crippen molar-refractivity contribution in [3.05, 3.63) is 89.1 Å². The molecule has 0 bridgehead atoms. The zero-order valence-electron chi connectivity index (χ0n) is 18.4. The molecule has 1 saturated heterocycles. The number of benzene rings is 3. The van der Waals surface area contributed by atoms with Gasteiger partial charge in [0, 0.05) is 6.42 Å². The van der Waals surface area contributed by atoms with Crippen molar-refractivity contribution in [2.45, 2.75) is 6.42 Å². The van der Waals surface area contributed by atoms with E-state index >= 15 is 0 Å². The van der Waals surface area contributed by atoms with Crippen molar-refractivity contribution < 1.29 is 23.4 Å². The predicted molar refractivity (Wildman–Crippen MR) is 137 cm³/mol. The van der Waals surface area contributed by atoms with Crippen LogP contribution in [0.4, 0.5) is 10.1 Å². The summed E-state index contributed by atoms with van der Waals surface area (Å²) in [4.78, 5) is 14.8. The van der Waals surface area contributed by atoms with Crippen LogP contribution in [0.3, 0.4) is 0 Å². The van der Waals surface area contributed by atoms with Crippen molar-refractivity contribution in [3.8, 4) is 17.2 Å². The number of anilines is 1. The number of thioether (sulfide) groups is 1. The van der Waals surface area contributed by atoms with E-state index in [2.05, 4.69) is 0 Å². The molecule has 5 nitrogen and oxygen atoms in total. The first-order valence-corrected chi connectivity index (χ1v) is 11.8. The highest BCUT2D eigenvalue weighted by molar-refractivity contribution is 8.27. The van der Waals surface area contributed by atoms with Crippen LogP contribution in [0.1, 0.15) is 12.0 Å². The van der Waals surface area contributed by atoms with Gasteiger partial charge in [0.15, 0.2) is 4.32 Å². The molecule has 1 fully saturated rings. The van der Waals surface area contributed by atoms with Crippen LogP contribution in [0.5, 0.6) is 17.2 Å². The predicted octanol–water partition coefficient (Wildman–Crippen LogP) is 6.09. The van der Waals surface area contributed by atoms with Crippen molar-refractivity contribution in [2.75, 3.05) is 25.2 Å². The van der Waals surface area contributed by atoms with Crippen LogP contribution in [0, 0.1) is 5.82 Å². The summed E-state index contributed by atoms with van der Waals surface area (Å²) in [5.74, 6) is 1.67. The fraction of sp³-hybridized carbons (Fsp3) is 0.154. The molecular formula is C26H22FNO4S2. The second-order valence-electron chi connectivity index (χ2n) is 7.29. The maximum absolute atomic E-state index is 13.2. The highest BCUT2D eigenvalue weighted by Gasteiger charge is 2.33. The van der Waals surface area contributed by atoms with Gasteiger partial charge in [-0.2, -0.15) is 0 Å². The largest absolute Gasteiger partial charge is 0.497 e. The zero-order chi connectivity index (χ0) is 23.9. The molecule has 3 aromatic rings. The van der Waals surface area contributed by atoms with Gasteiger partial charge in [0.25, 0.3) is 5.91 Å². The number of hydrogen-bond acceptors (Lipinski definition) is 6. The maximum atomic E-state index is 13.2. The molecule has 4 rings (SSSR count). The van der Waals surface area contributed by atoms with Crippen LogP contribution >= 0.6 is 24.0 Å². The Hall–Kier alpha value is -3.36. The number of thiocarbonyl (C=S) groups is 1. The van der Waals surface area contributed by atoms with Crippen LogP contribution in [0.15, 0.2) is 77.7 Å². The lowest BCUT2D eigenvalue weighted by Crippen LogP contribution is -2.27. The van der Waals surface area contributed by atoms with Gasteiger partial charge in [-0.15, -0.1) is 0 Å². The quantitative estimate of drug-likeness (QED) is 0.203. The van der Waals surface area contributed by atoms with E-state index in [1.165, 1.54) is 40.9 Å². The molecule has 3 aromatic carbocycles. The Kier molecular flexibility index (Phi) is 7.82. The first kappa shape index (κ1) is 23.8. The van der Waals surface area contributed by atoms with Crippen LogP contribution in [0.25, 0.3) is 6.08 Å². The second-order valence-corrected chi connectivity index (χ2v) is 8.97. The standard InChI is InChI=1S/C26H22FNO4S2/c1-30-21-10-12-22(13-11-21)31-14-3-15-32-23-5-2-4-18(16-23)17-24-25(29)28(26(33)34-24)20-8-6-19(27)7-9-20/h2,4-13,16-17H,3,14-15H2,1H3/b24-17-. The van der Waals surface area contributed by atoms with Gasteiger partial charge in [-0.3, -0.25) is 9.69 Å². The normalized spacial score (nSPS) is 14.5. The third-order valence-corrected chi connectivity index (χ3v) is 6.22. The van der Waals surface area contributed by atoms with E-state index in [1.54, 1.807) is 13.2 Å². The van der Waals surface area contributed by atoms with E-state index in [9.17, 15) is 9.18 Å². The van der Waals surface area contributed by atoms with Gasteiger partial charge in [-0.05, 0) is 72.3 Å². The van der Waals surface area contributed by atoms with Crippen LogP contribution in [-0.2, 0) is 4.79 Å². The summed E-state index contributed by atoms with van der Waals surface area (Å²) >= 11 is 6.59. The Morgan fingerprint density at radius 1 is 0.941 bits per heavy atom. The summed E-state index contributed by atoms with van der Waals surface area (Å²) in [6, 6.07) is 20.6. The topological polar surface area (TPSA) is 48.0 Å².